The van der Waals surface area contributed by atoms with Crippen LogP contribution in [0.4, 0.5) is 4.39 Å². The first kappa shape index (κ1) is 15.0. The highest BCUT2D eigenvalue weighted by Crippen LogP contribution is 2.16. The summed E-state index contributed by atoms with van der Waals surface area (Å²) in [5.41, 5.74) is 5.36. The van der Waals surface area contributed by atoms with Crippen molar-refractivity contribution in [3.63, 3.8) is 0 Å². The fourth-order valence-corrected chi connectivity index (χ4v) is 2.98. The van der Waals surface area contributed by atoms with Gasteiger partial charge in [0.25, 0.3) is 0 Å². The number of sulfonamides is 1. The van der Waals surface area contributed by atoms with Crippen LogP contribution in [0.1, 0.15) is 13.3 Å². The molecule has 100 valence electrons. The minimum Gasteiger partial charge on any atom is -0.393 e. The van der Waals surface area contributed by atoms with E-state index in [4.69, 9.17) is 18.0 Å². The largest absolute Gasteiger partial charge is 0.393 e. The van der Waals surface area contributed by atoms with Gasteiger partial charge in [-0.05, 0) is 24.3 Å². The van der Waals surface area contributed by atoms with E-state index in [1.165, 1.54) is 16.4 Å². The van der Waals surface area contributed by atoms with Gasteiger partial charge >= 0.3 is 0 Å². The van der Waals surface area contributed by atoms with Crippen molar-refractivity contribution in [2.75, 3.05) is 13.1 Å². The van der Waals surface area contributed by atoms with E-state index in [2.05, 4.69) is 0 Å². The molecule has 0 fully saturated rings. The number of thiocarbonyl (C=S) groups is 1. The predicted octanol–water partition coefficient (Wildman–Crippen LogP) is 1.51. The molecule has 0 atom stereocenters. The van der Waals surface area contributed by atoms with E-state index >= 15 is 0 Å². The fourth-order valence-electron chi connectivity index (χ4n) is 1.44. The Morgan fingerprint density at radius 3 is 2.39 bits per heavy atom. The number of hydrogen-bond acceptors (Lipinski definition) is 3. The third-order valence-corrected chi connectivity index (χ3v) is 4.60. The maximum Gasteiger partial charge on any atom is 0.243 e. The summed E-state index contributed by atoms with van der Waals surface area (Å²) in [4.78, 5) is 0.330. The maximum absolute atomic E-state index is 12.8. The zero-order valence-corrected chi connectivity index (χ0v) is 11.6. The van der Waals surface area contributed by atoms with Crippen molar-refractivity contribution >= 4 is 27.2 Å². The molecule has 2 N–H and O–H groups in total. The van der Waals surface area contributed by atoms with Gasteiger partial charge in [-0.1, -0.05) is 19.1 Å². The van der Waals surface area contributed by atoms with Crippen LogP contribution in [-0.2, 0) is 10.0 Å². The second kappa shape index (κ2) is 6.21. The standard InChI is InChI=1S/C11H15FN2O2S2/c1-2-14(8-7-11(13)17)18(15,16)10-5-3-9(12)4-6-10/h3-6H,2,7-8H2,1H3,(H2,13,17). The first-order chi connectivity index (χ1) is 8.37. The topological polar surface area (TPSA) is 63.4 Å². The van der Waals surface area contributed by atoms with Gasteiger partial charge in [0.1, 0.15) is 5.82 Å². The number of nitrogens with two attached hydrogens (primary N) is 1. The number of benzene rings is 1. The van der Waals surface area contributed by atoms with Crippen LogP contribution < -0.4 is 5.73 Å². The third kappa shape index (κ3) is 3.72. The normalized spacial score (nSPS) is 11.7. The minimum absolute atomic E-state index is 0.0636. The minimum atomic E-state index is -3.61. The quantitative estimate of drug-likeness (QED) is 0.807. The number of halogens is 1. The molecule has 4 nitrogen and oxygen atoms in total. The van der Waals surface area contributed by atoms with Gasteiger partial charge in [-0.3, -0.25) is 0 Å². The average molecular weight is 290 g/mol. The summed E-state index contributed by atoms with van der Waals surface area (Å²) in [6.45, 7) is 2.26. The van der Waals surface area contributed by atoms with Crippen LogP contribution >= 0.6 is 12.2 Å². The average Bonchev–Trinajstić information content (AvgIpc) is 2.29. The highest BCUT2D eigenvalue weighted by Gasteiger charge is 2.22. The Morgan fingerprint density at radius 2 is 1.94 bits per heavy atom. The van der Waals surface area contributed by atoms with E-state index in [9.17, 15) is 12.8 Å². The third-order valence-electron chi connectivity index (χ3n) is 2.41. The number of rotatable bonds is 6. The van der Waals surface area contributed by atoms with E-state index in [0.717, 1.165) is 12.1 Å². The molecule has 0 aliphatic heterocycles. The van der Waals surface area contributed by atoms with E-state index in [1.54, 1.807) is 6.92 Å². The highest BCUT2D eigenvalue weighted by atomic mass is 32.2. The second-order valence-corrected chi connectivity index (χ2v) is 6.13. The Morgan fingerprint density at radius 1 is 1.39 bits per heavy atom. The lowest BCUT2D eigenvalue weighted by Crippen LogP contribution is -2.33. The van der Waals surface area contributed by atoms with Crippen molar-refractivity contribution < 1.29 is 12.8 Å². The molecule has 0 saturated heterocycles. The molecule has 1 aromatic rings. The zero-order valence-electron chi connectivity index (χ0n) is 9.97. The van der Waals surface area contributed by atoms with Gasteiger partial charge in [-0.15, -0.1) is 0 Å². The second-order valence-electron chi connectivity index (χ2n) is 3.67. The van der Waals surface area contributed by atoms with Crippen molar-refractivity contribution in [2.24, 2.45) is 5.73 Å². The molecule has 1 rings (SSSR count). The predicted molar refractivity (Wildman–Crippen MR) is 72.2 cm³/mol. The first-order valence-corrected chi connectivity index (χ1v) is 7.26. The Kier molecular flexibility index (Phi) is 5.18. The molecule has 0 spiro atoms. The Balaban J connectivity index is 2.95. The van der Waals surface area contributed by atoms with Gasteiger partial charge in [-0.2, -0.15) is 4.31 Å². The van der Waals surface area contributed by atoms with Crippen LogP contribution in [0, 0.1) is 5.82 Å². The summed E-state index contributed by atoms with van der Waals surface area (Å²) in [7, 11) is -3.61. The van der Waals surface area contributed by atoms with E-state index < -0.39 is 15.8 Å². The molecule has 0 aliphatic carbocycles. The summed E-state index contributed by atoms with van der Waals surface area (Å²) in [6.07, 6.45) is 0.323. The van der Waals surface area contributed by atoms with Gasteiger partial charge in [0.05, 0.1) is 9.88 Å². The SMILES string of the molecule is CCN(CCC(N)=S)S(=O)(=O)c1ccc(F)cc1. The molecule has 0 heterocycles. The Bertz CT molecular complexity index is 514. The molecule has 1 aromatic carbocycles. The van der Waals surface area contributed by atoms with E-state index in [0.29, 0.717) is 13.0 Å². The van der Waals surface area contributed by atoms with Crippen molar-refractivity contribution in [2.45, 2.75) is 18.2 Å². The van der Waals surface area contributed by atoms with Crippen LogP contribution in [0.2, 0.25) is 0 Å². The van der Waals surface area contributed by atoms with Gasteiger partial charge < -0.3 is 5.73 Å². The lowest BCUT2D eigenvalue weighted by Gasteiger charge is -2.20. The van der Waals surface area contributed by atoms with Crippen molar-refractivity contribution in [3.8, 4) is 0 Å². The molecule has 0 saturated carbocycles. The van der Waals surface area contributed by atoms with Crippen molar-refractivity contribution in [1.82, 2.24) is 4.31 Å². The summed E-state index contributed by atoms with van der Waals surface area (Å²) in [6, 6.07) is 4.73. The molecular formula is C11H15FN2O2S2. The summed E-state index contributed by atoms with van der Waals surface area (Å²) in [5, 5.41) is 0. The molecule has 0 aliphatic rings. The molecule has 0 unspecified atom stereocenters. The van der Waals surface area contributed by atoms with Gasteiger partial charge in [-0.25, -0.2) is 12.8 Å². The first-order valence-electron chi connectivity index (χ1n) is 5.42. The fraction of sp³-hybridized carbons (Fsp3) is 0.364. The van der Waals surface area contributed by atoms with Gasteiger partial charge in [0, 0.05) is 19.5 Å². The molecule has 0 amide bonds. The number of hydrogen-bond donors (Lipinski definition) is 1. The molecule has 0 radical (unpaired) electrons. The van der Waals surface area contributed by atoms with Crippen LogP contribution in [0.25, 0.3) is 0 Å². The monoisotopic (exact) mass is 290 g/mol. The lowest BCUT2D eigenvalue weighted by molar-refractivity contribution is 0.437. The summed E-state index contributed by atoms with van der Waals surface area (Å²) >= 11 is 4.73. The molecule has 0 bridgehead atoms. The number of nitrogens with zero attached hydrogens (tertiary/aromatic N) is 1. The molecular weight excluding hydrogens is 275 g/mol. The van der Waals surface area contributed by atoms with E-state index in [1.807, 2.05) is 0 Å². The van der Waals surface area contributed by atoms with Crippen LogP contribution in [-0.4, -0.2) is 30.8 Å². The molecule has 0 aromatic heterocycles. The Labute approximate surface area is 112 Å². The van der Waals surface area contributed by atoms with Crippen LogP contribution in [0.3, 0.4) is 0 Å². The van der Waals surface area contributed by atoms with Gasteiger partial charge in [0.2, 0.25) is 10.0 Å². The van der Waals surface area contributed by atoms with Crippen molar-refractivity contribution in [1.29, 1.82) is 0 Å². The van der Waals surface area contributed by atoms with Crippen molar-refractivity contribution in [3.05, 3.63) is 30.1 Å². The smallest absolute Gasteiger partial charge is 0.243 e. The summed E-state index contributed by atoms with van der Waals surface area (Å²) < 4.78 is 38.4. The van der Waals surface area contributed by atoms with Gasteiger partial charge in [0.15, 0.2) is 0 Å². The zero-order chi connectivity index (χ0) is 13.8. The Hall–Kier alpha value is -1.05. The summed E-state index contributed by atoms with van der Waals surface area (Å²) in [5.74, 6) is -0.472. The molecule has 18 heavy (non-hydrogen) atoms. The lowest BCUT2D eigenvalue weighted by atomic mass is 10.4. The highest BCUT2D eigenvalue weighted by molar-refractivity contribution is 7.89. The molecule has 7 heteroatoms. The van der Waals surface area contributed by atoms with E-state index in [-0.39, 0.29) is 16.4 Å². The maximum atomic E-state index is 12.8. The van der Waals surface area contributed by atoms with Crippen LogP contribution in [0.15, 0.2) is 29.2 Å². The van der Waals surface area contributed by atoms with Crippen LogP contribution in [0.5, 0.6) is 0 Å².